The lowest BCUT2D eigenvalue weighted by Gasteiger charge is -2.22. The maximum Gasteiger partial charge on any atom is 0.0346 e. The van der Waals surface area contributed by atoms with Gasteiger partial charge in [-0.15, -0.1) is 0 Å². The third-order valence-electron chi connectivity index (χ3n) is 3.41. The Hall–Kier alpha value is -1.06. The minimum atomic E-state index is 0.900. The fourth-order valence-electron chi connectivity index (χ4n) is 2.08. The van der Waals surface area contributed by atoms with E-state index in [-0.39, 0.29) is 0 Å². The lowest BCUT2D eigenvalue weighted by molar-refractivity contribution is 0.259. The van der Waals surface area contributed by atoms with Crippen LogP contribution in [0, 0.1) is 6.92 Å². The van der Waals surface area contributed by atoms with E-state index in [1.807, 2.05) is 12.1 Å². The van der Waals surface area contributed by atoms with Crippen LogP contribution in [0.1, 0.15) is 24.5 Å². The molecule has 0 bridgehead atoms. The summed E-state index contributed by atoms with van der Waals surface area (Å²) in [7, 11) is 4.25. The summed E-state index contributed by atoms with van der Waals surface area (Å²) in [6, 6.07) is 6.20. The lowest BCUT2D eigenvalue weighted by atomic mass is 10.1. The highest BCUT2D eigenvalue weighted by molar-refractivity contribution is 5.49. The van der Waals surface area contributed by atoms with Crippen molar-refractivity contribution in [1.29, 1.82) is 0 Å². The number of nitrogens with two attached hydrogens (primary N) is 1. The third-order valence-corrected chi connectivity index (χ3v) is 3.41. The molecule has 1 aromatic carbocycles. The Morgan fingerprint density at radius 3 is 2.50 bits per heavy atom. The molecule has 0 amide bonds. The van der Waals surface area contributed by atoms with Crippen molar-refractivity contribution in [2.45, 2.75) is 26.8 Å². The molecule has 0 unspecified atom stereocenters. The zero-order valence-corrected chi connectivity index (χ0v) is 12.2. The standard InChI is InChI=1S/C15H27N3/c1-5-18(11-7-10-17(3)4)12-14-8-6-9-15(16)13(14)2/h6,8-9H,5,7,10-12,16H2,1-4H3. The predicted molar refractivity (Wildman–Crippen MR) is 79.7 cm³/mol. The summed E-state index contributed by atoms with van der Waals surface area (Å²) < 4.78 is 0. The summed E-state index contributed by atoms with van der Waals surface area (Å²) in [5.74, 6) is 0. The smallest absolute Gasteiger partial charge is 0.0346 e. The molecule has 1 rings (SSSR count). The topological polar surface area (TPSA) is 32.5 Å². The van der Waals surface area contributed by atoms with Crippen LogP contribution in [-0.4, -0.2) is 43.5 Å². The molecule has 0 aliphatic heterocycles. The average Bonchev–Trinajstić information content (AvgIpc) is 2.33. The Kier molecular flexibility index (Phi) is 6.16. The van der Waals surface area contributed by atoms with E-state index in [9.17, 15) is 0 Å². The number of nitrogens with zero attached hydrogens (tertiary/aromatic N) is 2. The summed E-state index contributed by atoms with van der Waals surface area (Å²) in [4.78, 5) is 4.71. The lowest BCUT2D eigenvalue weighted by Crippen LogP contribution is -2.27. The van der Waals surface area contributed by atoms with Gasteiger partial charge in [0.1, 0.15) is 0 Å². The Morgan fingerprint density at radius 1 is 1.17 bits per heavy atom. The van der Waals surface area contributed by atoms with Gasteiger partial charge < -0.3 is 10.6 Å². The van der Waals surface area contributed by atoms with Crippen molar-refractivity contribution in [3.8, 4) is 0 Å². The van der Waals surface area contributed by atoms with Gasteiger partial charge in [-0.25, -0.2) is 0 Å². The van der Waals surface area contributed by atoms with Gasteiger partial charge in [-0.05, 0) is 64.3 Å². The van der Waals surface area contributed by atoms with Crippen molar-refractivity contribution in [2.24, 2.45) is 0 Å². The van der Waals surface area contributed by atoms with Gasteiger partial charge in [0, 0.05) is 12.2 Å². The highest BCUT2D eigenvalue weighted by Crippen LogP contribution is 2.17. The first-order valence-electron chi connectivity index (χ1n) is 6.75. The molecule has 3 heteroatoms. The van der Waals surface area contributed by atoms with Gasteiger partial charge in [-0.1, -0.05) is 19.1 Å². The van der Waals surface area contributed by atoms with Gasteiger partial charge in [0.05, 0.1) is 0 Å². The van der Waals surface area contributed by atoms with Crippen LogP contribution in [-0.2, 0) is 6.54 Å². The highest BCUT2D eigenvalue weighted by atomic mass is 15.1. The number of nitrogen functional groups attached to an aromatic ring is 1. The van der Waals surface area contributed by atoms with Crippen LogP contribution in [0.25, 0.3) is 0 Å². The van der Waals surface area contributed by atoms with Crippen molar-refractivity contribution in [3.05, 3.63) is 29.3 Å². The Bertz CT molecular complexity index is 361. The van der Waals surface area contributed by atoms with Crippen molar-refractivity contribution in [3.63, 3.8) is 0 Å². The van der Waals surface area contributed by atoms with E-state index in [1.54, 1.807) is 0 Å². The first-order chi connectivity index (χ1) is 8.54. The minimum Gasteiger partial charge on any atom is -0.399 e. The molecule has 3 nitrogen and oxygen atoms in total. The van der Waals surface area contributed by atoms with Crippen LogP contribution in [0.4, 0.5) is 5.69 Å². The second-order valence-electron chi connectivity index (χ2n) is 5.16. The zero-order chi connectivity index (χ0) is 13.5. The highest BCUT2D eigenvalue weighted by Gasteiger charge is 2.07. The van der Waals surface area contributed by atoms with Crippen molar-refractivity contribution >= 4 is 5.69 Å². The van der Waals surface area contributed by atoms with Crippen molar-refractivity contribution < 1.29 is 0 Å². The summed E-state index contributed by atoms with van der Waals surface area (Å²) in [6.45, 7) is 8.70. The molecule has 0 saturated heterocycles. The van der Waals surface area contributed by atoms with E-state index in [4.69, 9.17) is 5.73 Å². The molecule has 18 heavy (non-hydrogen) atoms. The Morgan fingerprint density at radius 2 is 1.89 bits per heavy atom. The molecule has 0 aliphatic carbocycles. The van der Waals surface area contributed by atoms with E-state index in [0.29, 0.717) is 0 Å². The predicted octanol–water partition coefficient (Wildman–Crippen LogP) is 2.35. The van der Waals surface area contributed by atoms with Gasteiger partial charge in [0.2, 0.25) is 0 Å². The zero-order valence-electron chi connectivity index (χ0n) is 12.2. The van der Waals surface area contributed by atoms with Gasteiger partial charge in [0.25, 0.3) is 0 Å². The molecule has 0 radical (unpaired) electrons. The van der Waals surface area contributed by atoms with Gasteiger partial charge in [-0.3, -0.25) is 4.90 Å². The quantitative estimate of drug-likeness (QED) is 0.753. The molecule has 2 N–H and O–H groups in total. The Labute approximate surface area is 112 Å². The molecule has 0 aliphatic rings. The fraction of sp³-hybridized carbons (Fsp3) is 0.600. The molecule has 1 aromatic rings. The fourth-order valence-corrected chi connectivity index (χ4v) is 2.08. The van der Waals surface area contributed by atoms with Crippen LogP contribution < -0.4 is 5.73 Å². The van der Waals surface area contributed by atoms with Crippen LogP contribution in [0.3, 0.4) is 0 Å². The van der Waals surface area contributed by atoms with E-state index in [2.05, 4.69) is 43.8 Å². The molecule has 0 aromatic heterocycles. The summed E-state index contributed by atoms with van der Waals surface area (Å²) >= 11 is 0. The largest absolute Gasteiger partial charge is 0.399 e. The van der Waals surface area contributed by atoms with Gasteiger partial charge in [0.15, 0.2) is 0 Å². The Balaban J connectivity index is 2.54. The van der Waals surface area contributed by atoms with E-state index in [0.717, 1.165) is 31.9 Å². The molecule has 0 atom stereocenters. The van der Waals surface area contributed by atoms with Crippen LogP contribution in [0.15, 0.2) is 18.2 Å². The van der Waals surface area contributed by atoms with E-state index >= 15 is 0 Å². The number of benzene rings is 1. The van der Waals surface area contributed by atoms with Crippen molar-refractivity contribution in [2.75, 3.05) is 39.5 Å². The maximum absolute atomic E-state index is 5.95. The van der Waals surface area contributed by atoms with E-state index in [1.165, 1.54) is 17.5 Å². The minimum absolute atomic E-state index is 0.900. The first-order valence-corrected chi connectivity index (χ1v) is 6.75. The normalized spacial score (nSPS) is 11.4. The molecule has 0 fully saturated rings. The maximum atomic E-state index is 5.95. The summed E-state index contributed by atoms with van der Waals surface area (Å²) in [5, 5.41) is 0. The number of anilines is 1. The van der Waals surface area contributed by atoms with Crippen LogP contribution >= 0.6 is 0 Å². The molecule has 0 spiro atoms. The molecular formula is C15H27N3. The van der Waals surface area contributed by atoms with Gasteiger partial charge >= 0.3 is 0 Å². The molecule has 0 saturated carbocycles. The third kappa shape index (κ3) is 4.67. The molecule has 0 heterocycles. The number of hydrogen-bond donors (Lipinski definition) is 1. The average molecular weight is 249 g/mol. The summed E-state index contributed by atoms with van der Waals surface area (Å²) in [6.07, 6.45) is 1.21. The second kappa shape index (κ2) is 7.39. The van der Waals surface area contributed by atoms with Crippen molar-refractivity contribution in [1.82, 2.24) is 9.80 Å². The number of hydrogen-bond acceptors (Lipinski definition) is 3. The first kappa shape index (κ1) is 15.0. The SMILES string of the molecule is CCN(CCCN(C)C)Cc1cccc(N)c1C. The van der Waals surface area contributed by atoms with E-state index < -0.39 is 0 Å². The van der Waals surface area contributed by atoms with Crippen LogP contribution in [0.2, 0.25) is 0 Å². The number of rotatable bonds is 7. The van der Waals surface area contributed by atoms with Crippen LogP contribution in [0.5, 0.6) is 0 Å². The second-order valence-corrected chi connectivity index (χ2v) is 5.16. The molecular weight excluding hydrogens is 222 g/mol. The summed E-state index contributed by atoms with van der Waals surface area (Å²) in [5.41, 5.74) is 9.43. The van der Waals surface area contributed by atoms with Gasteiger partial charge in [-0.2, -0.15) is 0 Å². The molecule has 102 valence electrons. The monoisotopic (exact) mass is 249 g/mol.